The SMILES string of the molecule is Cc1ncsc1CN(C)c1cc(Cl)ccc1CNC1CC1. The van der Waals surface area contributed by atoms with Gasteiger partial charge in [-0.05, 0) is 37.5 Å². The topological polar surface area (TPSA) is 28.2 Å². The van der Waals surface area contributed by atoms with E-state index in [0.29, 0.717) is 6.04 Å². The van der Waals surface area contributed by atoms with Crippen molar-refractivity contribution in [3.05, 3.63) is 44.9 Å². The van der Waals surface area contributed by atoms with Gasteiger partial charge in [0.1, 0.15) is 0 Å². The van der Waals surface area contributed by atoms with Gasteiger partial charge in [0, 0.05) is 35.2 Å². The molecule has 1 saturated carbocycles. The van der Waals surface area contributed by atoms with Gasteiger partial charge in [-0.1, -0.05) is 17.7 Å². The fourth-order valence-electron chi connectivity index (χ4n) is 2.36. The Balaban J connectivity index is 1.77. The Labute approximate surface area is 135 Å². The lowest BCUT2D eigenvalue weighted by Crippen LogP contribution is -2.21. The second kappa shape index (κ2) is 6.34. The van der Waals surface area contributed by atoms with E-state index >= 15 is 0 Å². The maximum Gasteiger partial charge on any atom is 0.0798 e. The zero-order chi connectivity index (χ0) is 14.8. The van der Waals surface area contributed by atoms with Crippen LogP contribution in [-0.4, -0.2) is 18.1 Å². The minimum absolute atomic E-state index is 0.711. The van der Waals surface area contributed by atoms with Gasteiger partial charge in [0.05, 0.1) is 17.7 Å². The molecule has 1 aromatic carbocycles. The molecule has 5 heteroatoms. The monoisotopic (exact) mass is 321 g/mol. The van der Waals surface area contributed by atoms with Crippen molar-refractivity contribution in [3.8, 4) is 0 Å². The van der Waals surface area contributed by atoms with Crippen LogP contribution < -0.4 is 10.2 Å². The molecule has 0 radical (unpaired) electrons. The van der Waals surface area contributed by atoms with Crippen LogP contribution in [0.4, 0.5) is 5.69 Å². The van der Waals surface area contributed by atoms with E-state index in [0.717, 1.165) is 23.8 Å². The summed E-state index contributed by atoms with van der Waals surface area (Å²) in [5.74, 6) is 0. The maximum atomic E-state index is 6.19. The molecule has 0 unspecified atom stereocenters. The van der Waals surface area contributed by atoms with Crippen molar-refractivity contribution in [1.29, 1.82) is 0 Å². The normalized spacial score (nSPS) is 14.4. The van der Waals surface area contributed by atoms with E-state index in [-0.39, 0.29) is 0 Å². The average Bonchev–Trinajstić information content (AvgIpc) is 3.21. The van der Waals surface area contributed by atoms with Crippen molar-refractivity contribution in [2.24, 2.45) is 0 Å². The lowest BCUT2D eigenvalue weighted by Gasteiger charge is -2.23. The fourth-order valence-corrected chi connectivity index (χ4v) is 3.36. The highest BCUT2D eigenvalue weighted by molar-refractivity contribution is 7.09. The number of anilines is 1. The molecule has 0 atom stereocenters. The Morgan fingerprint density at radius 1 is 1.43 bits per heavy atom. The Kier molecular flexibility index (Phi) is 4.48. The summed E-state index contributed by atoms with van der Waals surface area (Å²) in [4.78, 5) is 7.89. The van der Waals surface area contributed by atoms with E-state index < -0.39 is 0 Å². The Morgan fingerprint density at radius 2 is 2.24 bits per heavy atom. The Morgan fingerprint density at radius 3 is 2.90 bits per heavy atom. The van der Waals surface area contributed by atoms with Crippen LogP contribution in [0.3, 0.4) is 0 Å². The van der Waals surface area contributed by atoms with Crippen LogP contribution in [0.25, 0.3) is 0 Å². The van der Waals surface area contributed by atoms with Gasteiger partial charge in [-0.2, -0.15) is 0 Å². The predicted octanol–water partition coefficient (Wildman–Crippen LogP) is 3.99. The minimum atomic E-state index is 0.711. The zero-order valence-corrected chi connectivity index (χ0v) is 14.0. The highest BCUT2D eigenvalue weighted by atomic mass is 35.5. The first-order chi connectivity index (χ1) is 10.1. The predicted molar refractivity (Wildman–Crippen MR) is 90.3 cm³/mol. The summed E-state index contributed by atoms with van der Waals surface area (Å²) in [5, 5.41) is 4.36. The second-order valence-corrected chi connectivity index (χ2v) is 7.02. The van der Waals surface area contributed by atoms with Gasteiger partial charge in [-0.25, -0.2) is 4.98 Å². The number of aryl methyl sites for hydroxylation is 1. The van der Waals surface area contributed by atoms with Gasteiger partial charge in [-0.15, -0.1) is 11.3 Å². The van der Waals surface area contributed by atoms with E-state index in [2.05, 4.69) is 41.3 Å². The van der Waals surface area contributed by atoms with Gasteiger partial charge in [0.25, 0.3) is 0 Å². The highest BCUT2D eigenvalue weighted by Crippen LogP contribution is 2.28. The minimum Gasteiger partial charge on any atom is -0.369 e. The molecule has 1 aromatic heterocycles. The van der Waals surface area contributed by atoms with Gasteiger partial charge in [-0.3, -0.25) is 0 Å². The number of hydrogen-bond acceptors (Lipinski definition) is 4. The van der Waals surface area contributed by atoms with Gasteiger partial charge < -0.3 is 10.2 Å². The molecule has 1 N–H and O–H groups in total. The van der Waals surface area contributed by atoms with Gasteiger partial charge in [0.15, 0.2) is 0 Å². The second-order valence-electron chi connectivity index (χ2n) is 5.65. The molecule has 0 amide bonds. The molecular formula is C16H20ClN3S. The van der Waals surface area contributed by atoms with Crippen LogP contribution in [0.5, 0.6) is 0 Å². The molecule has 1 fully saturated rings. The molecule has 0 spiro atoms. The third-order valence-corrected chi connectivity index (χ3v) is 5.00. The summed E-state index contributed by atoms with van der Waals surface area (Å²) >= 11 is 7.90. The summed E-state index contributed by atoms with van der Waals surface area (Å²) < 4.78 is 0. The molecule has 0 saturated heterocycles. The van der Waals surface area contributed by atoms with E-state index in [9.17, 15) is 0 Å². The summed E-state index contributed by atoms with van der Waals surface area (Å²) in [7, 11) is 2.12. The summed E-state index contributed by atoms with van der Waals surface area (Å²) in [5.41, 5.74) is 5.53. The van der Waals surface area contributed by atoms with E-state index in [1.54, 1.807) is 11.3 Å². The average molecular weight is 322 g/mol. The third kappa shape index (κ3) is 3.76. The van der Waals surface area contributed by atoms with E-state index in [1.165, 1.54) is 29.0 Å². The van der Waals surface area contributed by atoms with Crippen molar-refractivity contribution >= 4 is 28.6 Å². The molecule has 0 aliphatic heterocycles. The number of halogens is 1. The van der Waals surface area contributed by atoms with Crippen LogP contribution in [0.15, 0.2) is 23.7 Å². The first kappa shape index (κ1) is 14.8. The summed E-state index contributed by atoms with van der Waals surface area (Å²) in [6, 6.07) is 6.87. The summed E-state index contributed by atoms with van der Waals surface area (Å²) in [6.07, 6.45) is 2.61. The largest absolute Gasteiger partial charge is 0.369 e. The fraction of sp³-hybridized carbons (Fsp3) is 0.438. The van der Waals surface area contributed by atoms with Gasteiger partial charge >= 0.3 is 0 Å². The molecule has 1 heterocycles. The molecule has 112 valence electrons. The zero-order valence-electron chi connectivity index (χ0n) is 12.4. The summed E-state index contributed by atoms with van der Waals surface area (Å²) in [6.45, 7) is 3.84. The molecular weight excluding hydrogens is 302 g/mol. The molecule has 21 heavy (non-hydrogen) atoms. The van der Waals surface area contributed by atoms with Crippen molar-refractivity contribution in [1.82, 2.24) is 10.3 Å². The quantitative estimate of drug-likeness (QED) is 0.872. The van der Waals surface area contributed by atoms with Crippen molar-refractivity contribution < 1.29 is 0 Å². The van der Waals surface area contributed by atoms with Crippen LogP contribution in [0.1, 0.15) is 29.0 Å². The number of benzene rings is 1. The number of hydrogen-bond donors (Lipinski definition) is 1. The van der Waals surface area contributed by atoms with Crippen LogP contribution in [-0.2, 0) is 13.1 Å². The van der Waals surface area contributed by atoms with E-state index in [4.69, 9.17) is 11.6 Å². The van der Waals surface area contributed by atoms with Crippen LogP contribution >= 0.6 is 22.9 Å². The molecule has 3 nitrogen and oxygen atoms in total. The van der Waals surface area contributed by atoms with Crippen LogP contribution in [0, 0.1) is 6.92 Å². The Bertz CT molecular complexity index is 622. The molecule has 2 aromatic rings. The molecule has 3 rings (SSSR count). The first-order valence-corrected chi connectivity index (χ1v) is 8.51. The number of aromatic nitrogens is 1. The standard InChI is InChI=1S/C16H20ClN3S/c1-11-16(21-10-19-11)9-20(2)15-7-13(17)4-3-12(15)8-18-14-5-6-14/h3-4,7,10,14,18H,5-6,8-9H2,1-2H3. The number of nitrogens with one attached hydrogen (secondary N) is 1. The molecule has 1 aliphatic rings. The first-order valence-electron chi connectivity index (χ1n) is 7.25. The number of thiazole rings is 1. The lowest BCUT2D eigenvalue weighted by molar-refractivity contribution is 0.685. The van der Waals surface area contributed by atoms with Crippen molar-refractivity contribution in [3.63, 3.8) is 0 Å². The third-order valence-electron chi connectivity index (χ3n) is 3.84. The maximum absolute atomic E-state index is 6.19. The lowest BCUT2D eigenvalue weighted by atomic mass is 10.1. The van der Waals surface area contributed by atoms with E-state index in [1.807, 2.05) is 11.6 Å². The molecule has 0 bridgehead atoms. The smallest absolute Gasteiger partial charge is 0.0798 e. The van der Waals surface area contributed by atoms with Crippen molar-refractivity contribution in [2.75, 3.05) is 11.9 Å². The number of rotatable bonds is 6. The highest BCUT2D eigenvalue weighted by Gasteiger charge is 2.21. The number of nitrogens with zero attached hydrogens (tertiary/aromatic N) is 2. The Hall–Kier alpha value is -1.10. The van der Waals surface area contributed by atoms with Crippen molar-refractivity contribution in [2.45, 2.75) is 38.9 Å². The van der Waals surface area contributed by atoms with Gasteiger partial charge in [0.2, 0.25) is 0 Å². The van der Waals surface area contributed by atoms with Crippen LogP contribution in [0.2, 0.25) is 5.02 Å². The molecule has 1 aliphatic carbocycles.